The monoisotopic (exact) mass is 567 g/mol. The maximum atomic E-state index is 13.1. The summed E-state index contributed by atoms with van der Waals surface area (Å²) in [5, 5.41) is 0. The van der Waals surface area contributed by atoms with Crippen molar-refractivity contribution < 1.29 is 13.0 Å². The van der Waals surface area contributed by atoms with Crippen LogP contribution in [0.25, 0.3) is 0 Å². The number of nitrogens with zero attached hydrogens (tertiary/aromatic N) is 3. The summed E-state index contributed by atoms with van der Waals surface area (Å²) in [5.41, 5.74) is 3.49. The number of likely N-dealkylation sites (tertiary alicyclic amines) is 1. The molecule has 41 heavy (non-hydrogen) atoms. The van der Waals surface area contributed by atoms with Gasteiger partial charge >= 0.3 is 5.84 Å². The van der Waals surface area contributed by atoms with E-state index in [1.165, 1.54) is 36.9 Å². The summed E-state index contributed by atoms with van der Waals surface area (Å²) in [4.78, 5) is 7.86. The predicted octanol–water partition coefficient (Wildman–Crippen LogP) is 6.03. The van der Waals surface area contributed by atoms with Crippen molar-refractivity contribution in [3.8, 4) is 0 Å². The summed E-state index contributed by atoms with van der Waals surface area (Å²) in [7, 11) is -3.58. The fourth-order valence-electron chi connectivity index (χ4n) is 7.87. The molecular formula is C34H39N4O2S+. The Kier molecular flexibility index (Phi) is 6.53. The van der Waals surface area contributed by atoms with Crippen LogP contribution < -0.4 is 4.72 Å². The summed E-state index contributed by atoms with van der Waals surface area (Å²) >= 11 is 0. The van der Waals surface area contributed by atoms with Crippen LogP contribution in [0.5, 0.6) is 0 Å². The zero-order valence-electron chi connectivity index (χ0n) is 23.9. The molecule has 1 N–H and O–H groups in total. The lowest BCUT2D eigenvalue weighted by molar-refractivity contribution is -0.299. The van der Waals surface area contributed by atoms with Crippen LogP contribution in [0, 0.1) is 11.8 Å². The van der Waals surface area contributed by atoms with Crippen LogP contribution in [-0.4, -0.2) is 54.6 Å². The molecule has 6 nitrogen and oxygen atoms in total. The van der Waals surface area contributed by atoms with E-state index in [9.17, 15) is 8.42 Å². The van der Waals surface area contributed by atoms with Crippen molar-refractivity contribution in [2.24, 2.45) is 16.8 Å². The molecule has 0 amide bonds. The smallest absolute Gasteiger partial charge is 0.291 e. The Morgan fingerprint density at radius 1 is 1.02 bits per heavy atom. The van der Waals surface area contributed by atoms with E-state index in [0.29, 0.717) is 28.9 Å². The van der Waals surface area contributed by atoms with Crippen LogP contribution in [0.1, 0.15) is 51.5 Å². The minimum absolute atomic E-state index is 0.312. The summed E-state index contributed by atoms with van der Waals surface area (Å²) in [6, 6.07) is 28.1. The molecule has 7 rings (SSSR count). The second kappa shape index (κ2) is 10.0. The third-order valence-electron chi connectivity index (χ3n) is 10.3. The highest BCUT2D eigenvalue weighted by Crippen LogP contribution is 2.65. The van der Waals surface area contributed by atoms with Crippen LogP contribution in [0.3, 0.4) is 0 Å². The molecule has 0 bridgehead atoms. The maximum Gasteiger partial charge on any atom is 0.301 e. The van der Waals surface area contributed by atoms with Crippen molar-refractivity contribution in [3.05, 3.63) is 90.5 Å². The van der Waals surface area contributed by atoms with Crippen LogP contribution >= 0.6 is 0 Å². The number of hydrogen-bond donors (Lipinski definition) is 1. The van der Waals surface area contributed by atoms with Crippen molar-refractivity contribution in [1.82, 2.24) is 9.62 Å². The van der Waals surface area contributed by atoms with Crippen molar-refractivity contribution in [1.29, 1.82) is 0 Å². The quantitative estimate of drug-likeness (QED) is 0.254. The number of benzene rings is 3. The first-order valence-electron chi connectivity index (χ1n) is 15.0. The highest BCUT2D eigenvalue weighted by atomic mass is 32.2. The molecule has 2 aliphatic carbocycles. The predicted molar refractivity (Wildman–Crippen MR) is 164 cm³/mol. The molecule has 2 aliphatic heterocycles. The first-order chi connectivity index (χ1) is 19.8. The lowest BCUT2D eigenvalue weighted by Gasteiger charge is -2.43. The van der Waals surface area contributed by atoms with Crippen molar-refractivity contribution in [2.45, 2.75) is 67.8 Å². The topological polar surface area (TPSA) is 64.5 Å². The number of rotatable bonds is 9. The van der Waals surface area contributed by atoms with E-state index < -0.39 is 10.0 Å². The van der Waals surface area contributed by atoms with Crippen molar-refractivity contribution in [2.75, 3.05) is 13.1 Å². The highest BCUT2D eigenvalue weighted by Gasteiger charge is 2.72. The van der Waals surface area contributed by atoms with Crippen molar-refractivity contribution in [3.63, 3.8) is 0 Å². The largest absolute Gasteiger partial charge is 0.301 e. The fourth-order valence-corrected chi connectivity index (χ4v) is 9.06. The minimum atomic E-state index is -3.58. The summed E-state index contributed by atoms with van der Waals surface area (Å²) in [6.45, 7) is 5.67. The number of para-hydroxylation sites is 2. The maximum absolute atomic E-state index is 13.1. The third kappa shape index (κ3) is 4.59. The molecule has 2 heterocycles. The standard InChI is InChI=1S/C34H39N4O2S/c1-25-36-30-15-9-10-16-31(30)37(25)23-26-21-28-17-18-34(28)32(22-26)38(34)20-19-33(2,27-11-5-3-6-12-27)24-35-41(39,40)29-13-7-4-8-14-29/h3-16,23,26,28,32,35H,17-22,24H2,1-2H3/q+1. The van der Waals surface area contributed by atoms with Gasteiger partial charge in [0.25, 0.3) is 0 Å². The molecule has 2 saturated carbocycles. The van der Waals surface area contributed by atoms with E-state index >= 15 is 0 Å². The van der Waals surface area contributed by atoms with Gasteiger partial charge in [0.05, 0.1) is 11.1 Å². The van der Waals surface area contributed by atoms with Gasteiger partial charge in [0.2, 0.25) is 15.7 Å². The van der Waals surface area contributed by atoms with Crippen molar-refractivity contribution >= 4 is 33.4 Å². The molecule has 4 aliphatic rings. The Labute approximate surface area is 243 Å². The summed E-state index contributed by atoms with van der Waals surface area (Å²) < 4.78 is 31.5. The van der Waals surface area contributed by atoms with Gasteiger partial charge in [-0.25, -0.2) is 13.1 Å². The second-order valence-corrected chi connectivity index (χ2v) is 14.4. The molecule has 0 radical (unpaired) electrons. The van der Waals surface area contributed by atoms with E-state index in [4.69, 9.17) is 4.99 Å². The Morgan fingerprint density at radius 2 is 1.73 bits per heavy atom. The molecule has 0 aromatic heterocycles. The van der Waals surface area contributed by atoms with Gasteiger partial charge in [0, 0.05) is 42.9 Å². The van der Waals surface area contributed by atoms with Crippen LogP contribution in [-0.2, 0) is 15.4 Å². The van der Waals surface area contributed by atoms with Gasteiger partial charge in [0.1, 0.15) is 0 Å². The minimum Gasteiger partial charge on any atom is -0.291 e. The molecule has 3 fully saturated rings. The number of sulfonamides is 1. The summed E-state index contributed by atoms with van der Waals surface area (Å²) in [5.74, 6) is 2.34. The van der Waals surface area contributed by atoms with E-state index in [1.54, 1.807) is 24.3 Å². The van der Waals surface area contributed by atoms with Gasteiger partial charge in [-0.15, -0.1) is 0 Å². The van der Waals surface area contributed by atoms with E-state index in [2.05, 4.69) is 82.8 Å². The average Bonchev–Trinajstić information content (AvgIpc) is 3.56. The zero-order valence-corrected chi connectivity index (χ0v) is 24.7. The number of hydrogen-bond acceptors (Lipinski definition) is 4. The number of amidine groups is 1. The zero-order chi connectivity index (χ0) is 28.2. The molecule has 7 heteroatoms. The molecule has 6 atom stereocenters. The first kappa shape index (κ1) is 26.7. The van der Waals surface area contributed by atoms with Gasteiger partial charge in [-0.2, -0.15) is 4.58 Å². The summed E-state index contributed by atoms with van der Waals surface area (Å²) in [6.07, 6.45) is 8.38. The molecule has 3 aromatic carbocycles. The molecule has 6 unspecified atom stereocenters. The first-order valence-corrected chi connectivity index (χ1v) is 16.4. The van der Waals surface area contributed by atoms with E-state index in [-0.39, 0.29) is 5.41 Å². The fraction of sp³-hybridized carbons (Fsp3) is 0.412. The van der Waals surface area contributed by atoms with E-state index in [0.717, 1.165) is 30.4 Å². The van der Waals surface area contributed by atoms with Gasteiger partial charge in [-0.1, -0.05) is 67.6 Å². The van der Waals surface area contributed by atoms with Gasteiger partial charge in [0.15, 0.2) is 5.69 Å². The van der Waals surface area contributed by atoms with Gasteiger partial charge < -0.3 is 0 Å². The lowest BCUT2D eigenvalue weighted by atomic mass is 9.62. The molecule has 3 aromatic rings. The van der Waals surface area contributed by atoms with Crippen LogP contribution in [0.15, 0.2) is 94.8 Å². The second-order valence-electron chi connectivity index (χ2n) is 12.6. The Morgan fingerprint density at radius 3 is 2.46 bits per heavy atom. The third-order valence-corrected chi connectivity index (χ3v) is 11.8. The van der Waals surface area contributed by atoms with Crippen LogP contribution in [0.4, 0.5) is 11.4 Å². The normalized spacial score (nSPS) is 30.4. The lowest BCUT2D eigenvalue weighted by Crippen LogP contribution is -2.45. The Bertz CT molecular complexity index is 1620. The average molecular weight is 568 g/mol. The SMILES string of the molecule is CC1=Nc2ccccc2[N+]1=CC1CC2CCC23C(C1)N3CCC(C)(CNS(=O)(=O)c1ccccc1)c1ccccc1. The molecule has 1 spiro atoms. The van der Waals surface area contributed by atoms with Crippen LogP contribution in [0.2, 0.25) is 0 Å². The molecule has 1 saturated heterocycles. The number of nitrogens with one attached hydrogen (secondary N) is 1. The van der Waals surface area contributed by atoms with E-state index in [1.807, 2.05) is 12.1 Å². The molecular weight excluding hydrogens is 528 g/mol. The number of aliphatic imine (C=N–C) groups is 1. The Hall–Kier alpha value is -3.13. The number of fused-ring (bicyclic) bond motifs is 1. The van der Waals surface area contributed by atoms with Gasteiger partial charge in [-0.3, -0.25) is 4.90 Å². The van der Waals surface area contributed by atoms with Gasteiger partial charge in [-0.05, 0) is 72.8 Å². The highest BCUT2D eigenvalue weighted by molar-refractivity contribution is 7.89. The Balaban J connectivity index is 1.07. The molecule has 212 valence electrons.